The molecule has 0 radical (unpaired) electrons. The van der Waals surface area contributed by atoms with Crippen molar-refractivity contribution < 1.29 is 4.74 Å². The van der Waals surface area contributed by atoms with Crippen LogP contribution in [-0.2, 0) is 17.6 Å². The first-order chi connectivity index (χ1) is 11.3. The van der Waals surface area contributed by atoms with E-state index in [0.29, 0.717) is 5.05 Å². The molecule has 1 atom stereocenters. The number of hydrogen-bond acceptors (Lipinski definition) is 3. The number of allylic oxidation sites excluding steroid dienone is 2. The number of hydrogen-bond donors (Lipinski definition) is 0. The lowest BCUT2D eigenvalue weighted by molar-refractivity contribution is 0.193. The molecule has 1 aliphatic rings. The zero-order valence-corrected chi connectivity index (χ0v) is 16.8. The standard InChI is InChI=1S/C12H14.C9H17NOS/c1-9-7-11-5-3-4-6-12(11)8-10(9)2;1-6-9(11-8(3)12)7(2)10(4)5/h3-6H,7-8H2,1-2H3;9H,2,6H2,1,3-5H3. The molecule has 0 bridgehead atoms. The Labute approximate surface area is 153 Å². The van der Waals surface area contributed by atoms with Gasteiger partial charge < -0.3 is 9.64 Å². The molecule has 2 rings (SSSR count). The molecule has 1 aliphatic carbocycles. The molecule has 0 spiro atoms. The molecule has 0 saturated carbocycles. The Kier molecular flexibility index (Phi) is 8.20. The van der Waals surface area contributed by atoms with Gasteiger partial charge in [0, 0.05) is 26.7 Å². The molecule has 2 nitrogen and oxygen atoms in total. The van der Waals surface area contributed by atoms with Crippen molar-refractivity contribution in [1.82, 2.24) is 4.90 Å². The van der Waals surface area contributed by atoms with Crippen LogP contribution in [0.1, 0.15) is 45.2 Å². The Bertz CT molecular complexity index is 583. The third-order valence-corrected chi connectivity index (χ3v) is 4.48. The zero-order valence-electron chi connectivity index (χ0n) is 16.0. The van der Waals surface area contributed by atoms with Gasteiger partial charge in [-0.1, -0.05) is 48.9 Å². The van der Waals surface area contributed by atoms with Crippen LogP contribution in [0.15, 0.2) is 47.7 Å². The Hall–Kier alpha value is -1.61. The first-order valence-corrected chi connectivity index (χ1v) is 8.92. The molecule has 0 saturated heterocycles. The van der Waals surface area contributed by atoms with Gasteiger partial charge in [-0.3, -0.25) is 0 Å². The van der Waals surface area contributed by atoms with Gasteiger partial charge in [-0.15, -0.1) is 0 Å². The van der Waals surface area contributed by atoms with Crippen LogP contribution in [0.2, 0.25) is 0 Å². The van der Waals surface area contributed by atoms with E-state index in [-0.39, 0.29) is 6.10 Å². The molecule has 0 aromatic heterocycles. The Morgan fingerprint density at radius 1 is 1.17 bits per heavy atom. The first-order valence-electron chi connectivity index (χ1n) is 8.51. The van der Waals surface area contributed by atoms with Gasteiger partial charge in [0.2, 0.25) is 0 Å². The Morgan fingerprint density at radius 3 is 1.96 bits per heavy atom. The molecule has 0 aliphatic heterocycles. The monoisotopic (exact) mass is 345 g/mol. The van der Waals surface area contributed by atoms with Crippen molar-refractivity contribution in [2.24, 2.45) is 0 Å². The van der Waals surface area contributed by atoms with Crippen molar-refractivity contribution in [3.63, 3.8) is 0 Å². The first kappa shape index (κ1) is 20.4. The minimum atomic E-state index is 0.0255. The van der Waals surface area contributed by atoms with Crippen molar-refractivity contribution in [3.05, 3.63) is 58.8 Å². The lowest BCUT2D eigenvalue weighted by Gasteiger charge is -2.24. The Balaban J connectivity index is 0.000000240. The van der Waals surface area contributed by atoms with Crippen LogP contribution in [-0.4, -0.2) is 30.1 Å². The van der Waals surface area contributed by atoms with E-state index in [9.17, 15) is 0 Å². The highest BCUT2D eigenvalue weighted by molar-refractivity contribution is 7.80. The maximum Gasteiger partial charge on any atom is 0.157 e. The predicted octanol–water partition coefficient (Wildman–Crippen LogP) is 5.33. The van der Waals surface area contributed by atoms with Crippen LogP contribution in [0, 0.1) is 0 Å². The molecule has 132 valence electrons. The topological polar surface area (TPSA) is 12.5 Å². The third kappa shape index (κ3) is 6.12. The number of thiocarbonyl (C=S) groups is 1. The van der Waals surface area contributed by atoms with Crippen molar-refractivity contribution in [2.45, 2.75) is 53.1 Å². The molecule has 1 aromatic carbocycles. The predicted molar refractivity (Wildman–Crippen MR) is 108 cm³/mol. The maximum absolute atomic E-state index is 5.41. The molecule has 3 heteroatoms. The minimum Gasteiger partial charge on any atom is -0.478 e. The summed E-state index contributed by atoms with van der Waals surface area (Å²) in [5, 5.41) is 0.574. The second kappa shape index (κ2) is 9.63. The third-order valence-electron chi connectivity index (χ3n) is 4.38. The van der Waals surface area contributed by atoms with E-state index in [2.05, 4.69) is 51.6 Å². The molecule has 0 heterocycles. The number of likely N-dealkylation sites (N-methyl/N-ethyl adjacent to an activating group) is 1. The van der Waals surface area contributed by atoms with Gasteiger partial charge in [0.25, 0.3) is 0 Å². The van der Waals surface area contributed by atoms with Gasteiger partial charge in [0.05, 0.1) is 0 Å². The van der Waals surface area contributed by atoms with Gasteiger partial charge in [0.1, 0.15) is 6.10 Å². The highest BCUT2D eigenvalue weighted by atomic mass is 32.1. The van der Waals surface area contributed by atoms with E-state index in [1.165, 1.54) is 11.1 Å². The van der Waals surface area contributed by atoms with Gasteiger partial charge in [-0.05, 0) is 56.5 Å². The molecular weight excluding hydrogens is 314 g/mol. The fourth-order valence-electron chi connectivity index (χ4n) is 2.65. The average molecular weight is 346 g/mol. The van der Waals surface area contributed by atoms with Gasteiger partial charge >= 0.3 is 0 Å². The van der Waals surface area contributed by atoms with Crippen LogP contribution in [0.5, 0.6) is 0 Å². The number of rotatable bonds is 4. The summed E-state index contributed by atoms with van der Waals surface area (Å²) < 4.78 is 5.41. The molecule has 0 N–H and O–H groups in total. The summed E-state index contributed by atoms with van der Waals surface area (Å²) in [4.78, 5) is 1.95. The molecule has 0 fully saturated rings. The summed E-state index contributed by atoms with van der Waals surface area (Å²) in [5.41, 5.74) is 7.09. The fourth-order valence-corrected chi connectivity index (χ4v) is 2.77. The molecule has 1 aromatic rings. The second-order valence-corrected chi connectivity index (χ2v) is 7.15. The van der Waals surface area contributed by atoms with Gasteiger partial charge in [-0.2, -0.15) is 0 Å². The highest BCUT2D eigenvalue weighted by Crippen LogP contribution is 2.24. The van der Waals surface area contributed by atoms with Crippen molar-refractivity contribution in [3.8, 4) is 0 Å². The summed E-state index contributed by atoms with van der Waals surface area (Å²) in [5.74, 6) is 0. The minimum absolute atomic E-state index is 0.0255. The fraction of sp³-hybridized carbons (Fsp3) is 0.476. The van der Waals surface area contributed by atoms with Crippen molar-refractivity contribution in [1.29, 1.82) is 0 Å². The second-order valence-electron chi connectivity index (χ2n) is 6.58. The van der Waals surface area contributed by atoms with E-state index in [1.54, 1.807) is 18.1 Å². The quantitative estimate of drug-likeness (QED) is 0.541. The summed E-state index contributed by atoms with van der Waals surface area (Å²) in [6, 6.07) is 8.75. The van der Waals surface area contributed by atoms with E-state index in [4.69, 9.17) is 17.0 Å². The molecule has 1 unspecified atom stereocenters. The van der Waals surface area contributed by atoms with Crippen molar-refractivity contribution >= 4 is 17.3 Å². The number of nitrogens with zero attached hydrogens (tertiary/aromatic N) is 1. The lowest BCUT2D eigenvalue weighted by atomic mass is 9.88. The largest absolute Gasteiger partial charge is 0.478 e. The summed E-state index contributed by atoms with van der Waals surface area (Å²) in [6.07, 6.45) is 3.23. The number of fused-ring (bicyclic) bond motifs is 1. The van der Waals surface area contributed by atoms with Gasteiger partial charge in [-0.25, -0.2) is 0 Å². The highest BCUT2D eigenvalue weighted by Gasteiger charge is 2.13. The lowest BCUT2D eigenvalue weighted by Crippen LogP contribution is -2.25. The molecule has 24 heavy (non-hydrogen) atoms. The smallest absolute Gasteiger partial charge is 0.157 e. The zero-order chi connectivity index (χ0) is 18.3. The van der Waals surface area contributed by atoms with Crippen LogP contribution in [0.3, 0.4) is 0 Å². The Morgan fingerprint density at radius 2 is 1.62 bits per heavy atom. The van der Waals surface area contributed by atoms with E-state index >= 15 is 0 Å². The number of benzene rings is 1. The van der Waals surface area contributed by atoms with Crippen molar-refractivity contribution in [2.75, 3.05) is 14.1 Å². The van der Waals surface area contributed by atoms with Crippen LogP contribution in [0.25, 0.3) is 0 Å². The number of ether oxygens (including phenoxy) is 1. The SMILES string of the molecule is C=C(C(CC)OC(C)=S)N(C)C.CC1=C(C)Cc2ccccc2C1. The summed E-state index contributed by atoms with van der Waals surface area (Å²) in [6.45, 7) is 12.2. The van der Waals surface area contributed by atoms with E-state index in [1.807, 2.05) is 19.0 Å². The summed E-state index contributed by atoms with van der Waals surface area (Å²) >= 11 is 4.86. The van der Waals surface area contributed by atoms with Crippen LogP contribution in [0.4, 0.5) is 0 Å². The van der Waals surface area contributed by atoms with E-state index < -0.39 is 0 Å². The van der Waals surface area contributed by atoms with Gasteiger partial charge in [0.15, 0.2) is 5.05 Å². The van der Waals surface area contributed by atoms with Crippen LogP contribution < -0.4 is 0 Å². The van der Waals surface area contributed by atoms with Crippen LogP contribution >= 0.6 is 12.2 Å². The maximum atomic E-state index is 5.41. The summed E-state index contributed by atoms with van der Waals surface area (Å²) in [7, 11) is 3.90. The average Bonchev–Trinajstić information content (AvgIpc) is 2.53. The molecule has 0 amide bonds. The molecular formula is C21H31NOS. The normalized spacial score (nSPS) is 14.1. The van der Waals surface area contributed by atoms with E-state index in [0.717, 1.165) is 25.0 Å².